The number of unbranched alkanes of at least 4 members (excludes halogenated alkanes) is 1. The van der Waals surface area contributed by atoms with E-state index < -0.39 is 5.41 Å². The largest absolute Gasteiger partial charge is 0.504 e. The first kappa shape index (κ1) is 16.2. The zero-order valence-corrected chi connectivity index (χ0v) is 13.9. The predicted molar refractivity (Wildman–Crippen MR) is 94.9 cm³/mol. The normalized spacial score (nSPS) is 19.5. The smallest absolute Gasteiger partial charge is 0.166 e. The summed E-state index contributed by atoms with van der Waals surface area (Å²) in [5.74, 6) is 0.101. The van der Waals surface area contributed by atoms with Gasteiger partial charge in [-0.05, 0) is 12.8 Å². The molecule has 1 atom stereocenters. The van der Waals surface area contributed by atoms with Crippen LogP contribution in [-0.2, 0) is 16.8 Å². The predicted octanol–water partition coefficient (Wildman–Crippen LogP) is 4.01. The average molecular weight is 322 g/mol. The van der Waals surface area contributed by atoms with Crippen molar-refractivity contribution in [1.29, 1.82) is 0 Å². The minimum absolute atomic E-state index is 0.101. The van der Waals surface area contributed by atoms with Crippen LogP contribution in [0.1, 0.15) is 31.9 Å². The van der Waals surface area contributed by atoms with Crippen molar-refractivity contribution in [2.75, 3.05) is 0 Å². The number of aryl methyl sites for hydroxylation is 1. The molecule has 0 saturated carbocycles. The summed E-state index contributed by atoms with van der Waals surface area (Å²) in [6, 6.07) is 9.59. The third-order valence-electron chi connectivity index (χ3n) is 4.45. The van der Waals surface area contributed by atoms with Gasteiger partial charge < -0.3 is 9.90 Å². The van der Waals surface area contributed by atoms with Gasteiger partial charge in [-0.3, -0.25) is 4.68 Å². The molecule has 0 fully saturated rings. The number of aldehydes is 1. The van der Waals surface area contributed by atoms with Gasteiger partial charge in [0.1, 0.15) is 12.0 Å². The van der Waals surface area contributed by atoms with Crippen molar-refractivity contribution in [3.8, 4) is 17.0 Å². The molecular weight excluding hydrogens is 300 g/mol. The van der Waals surface area contributed by atoms with Crippen LogP contribution in [0.3, 0.4) is 0 Å². The maximum atomic E-state index is 12.0. The first-order chi connectivity index (χ1) is 11.7. The number of carbonyl (C=O) groups excluding carboxylic acids is 1. The third-order valence-corrected chi connectivity index (χ3v) is 4.45. The summed E-state index contributed by atoms with van der Waals surface area (Å²) in [6.07, 6.45) is 11.0. The fraction of sp³-hybridized carbons (Fsp3) is 0.300. The summed E-state index contributed by atoms with van der Waals surface area (Å²) in [6.45, 7) is 2.79. The highest BCUT2D eigenvalue weighted by Crippen LogP contribution is 2.41. The van der Waals surface area contributed by atoms with Crippen molar-refractivity contribution < 1.29 is 9.90 Å². The number of aromatic nitrogens is 2. The molecule has 124 valence electrons. The molecule has 1 aliphatic rings. The molecule has 4 nitrogen and oxygen atoms in total. The molecule has 0 aliphatic heterocycles. The first-order valence-corrected chi connectivity index (χ1v) is 8.38. The van der Waals surface area contributed by atoms with Gasteiger partial charge in [0.25, 0.3) is 0 Å². The molecule has 4 heteroatoms. The molecule has 1 heterocycles. The van der Waals surface area contributed by atoms with E-state index in [9.17, 15) is 9.90 Å². The number of rotatable bonds is 6. The van der Waals surface area contributed by atoms with Crippen LogP contribution in [-0.4, -0.2) is 21.2 Å². The average Bonchev–Trinajstić information content (AvgIpc) is 2.98. The Hall–Kier alpha value is -2.62. The van der Waals surface area contributed by atoms with Crippen LogP contribution in [0.5, 0.6) is 5.75 Å². The molecule has 1 aromatic heterocycles. The lowest BCUT2D eigenvalue weighted by molar-refractivity contribution is -0.111. The van der Waals surface area contributed by atoms with E-state index >= 15 is 0 Å². The number of benzene rings is 1. The van der Waals surface area contributed by atoms with E-state index in [-0.39, 0.29) is 5.75 Å². The number of hydrogen-bond donors (Lipinski definition) is 1. The summed E-state index contributed by atoms with van der Waals surface area (Å²) in [7, 11) is 0. The van der Waals surface area contributed by atoms with Gasteiger partial charge in [0.2, 0.25) is 0 Å². The first-order valence-electron chi connectivity index (χ1n) is 8.38. The van der Waals surface area contributed by atoms with Gasteiger partial charge in [-0.25, -0.2) is 0 Å². The lowest BCUT2D eigenvalue weighted by Crippen LogP contribution is -2.29. The Bertz CT molecular complexity index is 774. The fourth-order valence-corrected chi connectivity index (χ4v) is 3.13. The van der Waals surface area contributed by atoms with Crippen LogP contribution in [0.4, 0.5) is 0 Å². The molecule has 1 aliphatic carbocycles. The van der Waals surface area contributed by atoms with Crippen molar-refractivity contribution in [3.05, 3.63) is 60.3 Å². The molecule has 1 aromatic carbocycles. The highest BCUT2D eigenvalue weighted by Gasteiger charge is 2.37. The van der Waals surface area contributed by atoms with E-state index in [1.165, 1.54) is 0 Å². The van der Waals surface area contributed by atoms with Crippen LogP contribution >= 0.6 is 0 Å². The molecule has 0 saturated heterocycles. The summed E-state index contributed by atoms with van der Waals surface area (Å²) in [5, 5.41) is 15.5. The van der Waals surface area contributed by atoms with Crippen molar-refractivity contribution in [1.82, 2.24) is 9.78 Å². The second kappa shape index (κ2) is 6.87. The molecule has 1 unspecified atom stereocenters. The van der Waals surface area contributed by atoms with Crippen molar-refractivity contribution in [3.63, 3.8) is 0 Å². The topological polar surface area (TPSA) is 55.1 Å². The Morgan fingerprint density at radius 1 is 1.29 bits per heavy atom. The van der Waals surface area contributed by atoms with Crippen LogP contribution in [0, 0.1) is 0 Å². The molecule has 1 N–H and O–H groups in total. The van der Waals surface area contributed by atoms with Gasteiger partial charge in [-0.15, -0.1) is 0 Å². The summed E-state index contributed by atoms with van der Waals surface area (Å²) in [4.78, 5) is 12.0. The Kier molecular flexibility index (Phi) is 4.65. The SMILES string of the molecule is CCCCn1nc(-c2ccccc2)c(O)c1C1(C=O)C=CC=CC1. The van der Waals surface area contributed by atoms with Crippen LogP contribution in [0.25, 0.3) is 11.3 Å². The van der Waals surface area contributed by atoms with Gasteiger partial charge in [0, 0.05) is 12.1 Å². The molecule has 3 rings (SSSR count). The van der Waals surface area contributed by atoms with Gasteiger partial charge >= 0.3 is 0 Å². The number of nitrogens with zero attached hydrogens (tertiary/aromatic N) is 2. The molecule has 0 bridgehead atoms. The molecular formula is C20H22N2O2. The van der Waals surface area contributed by atoms with Crippen molar-refractivity contribution in [2.45, 2.75) is 38.1 Å². The van der Waals surface area contributed by atoms with E-state index in [4.69, 9.17) is 0 Å². The van der Waals surface area contributed by atoms with Gasteiger partial charge in [0.15, 0.2) is 5.75 Å². The number of hydrogen-bond acceptors (Lipinski definition) is 3. The van der Waals surface area contributed by atoms with Crippen LogP contribution in [0.2, 0.25) is 0 Å². The molecule has 0 radical (unpaired) electrons. The zero-order valence-electron chi connectivity index (χ0n) is 13.9. The maximum absolute atomic E-state index is 12.0. The number of aromatic hydroxyl groups is 1. The summed E-state index contributed by atoms with van der Waals surface area (Å²) < 4.78 is 1.80. The molecule has 0 spiro atoms. The van der Waals surface area contributed by atoms with E-state index in [1.54, 1.807) is 4.68 Å². The minimum atomic E-state index is -0.855. The second-order valence-corrected chi connectivity index (χ2v) is 6.14. The van der Waals surface area contributed by atoms with Crippen molar-refractivity contribution >= 4 is 6.29 Å². The highest BCUT2D eigenvalue weighted by molar-refractivity contribution is 5.78. The van der Waals surface area contributed by atoms with Gasteiger partial charge in [-0.1, -0.05) is 68.0 Å². The summed E-state index contributed by atoms with van der Waals surface area (Å²) >= 11 is 0. The number of allylic oxidation sites excluding steroid dienone is 4. The van der Waals surface area contributed by atoms with E-state index in [0.717, 1.165) is 24.7 Å². The van der Waals surface area contributed by atoms with Gasteiger partial charge in [-0.2, -0.15) is 5.10 Å². The standard InChI is InChI=1S/C20H22N2O2/c1-2-3-14-22-19(20(15-23)12-8-5-9-13-20)18(24)17(21-22)16-10-6-4-7-11-16/h4-12,15,24H,2-3,13-14H2,1H3. The monoisotopic (exact) mass is 322 g/mol. The zero-order chi connectivity index (χ0) is 17.0. The minimum Gasteiger partial charge on any atom is -0.504 e. The Balaban J connectivity index is 2.16. The quantitative estimate of drug-likeness (QED) is 0.818. The Labute approximate surface area is 142 Å². The Morgan fingerprint density at radius 3 is 2.71 bits per heavy atom. The van der Waals surface area contributed by atoms with E-state index in [1.807, 2.05) is 54.6 Å². The van der Waals surface area contributed by atoms with Crippen LogP contribution in [0.15, 0.2) is 54.6 Å². The molecule has 0 amide bonds. The maximum Gasteiger partial charge on any atom is 0.166 e. The van der Waals surface area contributed by atoms with Crippen LogP contribution < -0.4 is 0 Å². The second-order valence-electron chi connectivity index (χ2n) is 6.14. The third kappa shape index (κ3) is 2.80. The summed E-state index contributed by atoms with van der Waals surface area (Å²) in [5.41, 5.74) is 1.12. The Morgan fingerprint density at radius 2 is 2.08 bits per heavy atom. The van der Waals surface area contributed by atoms with E-state index in [0.29, 0.717) is 24.4 Å². The highest BCUT2D eigenvalue weighted by atomic mass is 16.3. The lowest BCUT2D eigenvalue weighted by atomic mass is 9.79. The molecule has 2 aromatic rings. The van der Waals surface area contributed by atoms with Gasteiger partial charge in [0.05, 0.1) is 11.1 Å². The molecule has 24 heavy (non-hydrogen) atoms. The van der Waals surface area contributed by atoms with E-state index in [2.05, 4.69) is 12.0 Å². The fourth-order valence-electron chi connectivity index (χ4n) is 3.13. The number of carbonyl (C=O) groups is 1. The van der Waals surface area contributed by atoms with Crippen molar-refractivity contribution in [2.24, 2.45) is 0 Å². The lowest BCUT2D eigenvalue weighted by Gasteiger charge is -2.26.